The molecule has 4 nitrogen and oxygen atoms in total. The lowest BCUT2D eigenvalue weighted by atomic mass is 10.1. The molecule has 1 aromatic carbocycles. The first-order chi connectivity index (χ1) is 8.70. The molecule has 1 N–H and O–H groups in total. The summed E-state index contributed by atoms with van der Waals surface area (Å²) in [6.45, 7) is 1.59. The Kier molecular flexibility index (Phi) is 4.20. The van der Waals surface area contributed by atoms with Crippen molar-refractivity contribution < 1.29 is 9.53 Å². The van der Waals surface area contributed by atoms with Gasteiger partial charge >= 0.3 is 0 Å². The molecule has 2 rings (SSSR count). The lowest BCUT2D eigenvalue weighted by Gasteiger charge is -2.21. The summed E-state index contributed by atoms with van der Waals surface area (Å²) < 4.78 is 5.11. The maximum absolute atomic E-state index is 12.1. The Labute approximate surface area is 108 Å². The molecule has 98 valence electrons. The van der Waals surface area contributed by atoms with Crippen molar-refractivity contribution in [3.63, 3.8) is 0 Å². The lowest BCUT2D eigenvalue weighted by Crippen LogP contribution is -2.41. The van der Waals surface area contributed by atoms with Gasteiger partial charge in [-0.05, 0) is 37.1 Å². The molecule has 4 heteroatoms. The molecule has 0 spiro atoms. The van der Waals surface area contributed by atoms with E-state index in [1.807, 2.05) is 31.3 Å². The average Bonchev–Trinajstić information content (AvgIpc) is 2.92. The van der Waals surface area contributed by atoms with Crippen molar-refractivity contribution >= 4 is 5.91 Å². The Hall–Kier alpha value is -1.55. The second kappa shape index (κ2) is 5.87. The summed E-state index contributed by atoms with van der Waals surface area (Å²) in [5.41, 5.74) is 1.12. The van der Waals surface area contributed by atoms with Crippen LogP contribution in [-0.4, -0.2) is 37.6 Å². The zero-order chi connectivity index (χ0) is 13.0. The number of methoxy groups -OCH3 is 1. The van der Waals surface area contributed by atoms with Gasteiger partial charge in [0.1, 0.15) is 5.75 Å². The molecule has 0 saturated carbocycles. The van der Waals surface area contributed by atoms with Gasteiger partial charge in [0.15, 0.2) is 0 Å². The molecule has 1 saturated heterocycles. The van der Waals surface area contributed by atoms with Gasteiger partial charge in [-0.1, -0.05) is 12.1 Å². The maximum atomic E-state index is 12.1. The lowest BCUT2D eigenvalue weighted by molar-refractivity contribution is -0.132. The Balaban J connectivity index is 1.92. The fourth-order valence-corrected chi connectivity index (χ4v) is 2.24. The van der Waals surface area contributed by atoms with E-state index in [-0.39, 0.29) is 11.9 Å². The van der Waals surface area contributed by atoms with Crippen LogP contribution in [0.2, 0.25) is 0 Å². The van der Waals surface area contributed by atoms with Gasteiger partial charge in [0, 0.05) is 13.6 Å². The highest BCUT2D eigenvalue weighted by atomic mass is 16.5. The predicted octanol–water partition coefficient (Wildman–Crippen LogP) is 1.41. The number of ether oxygens (including phenoxy) is 1. The smallest absolute Gasteiger partial charge is 0.239 e. The van der Waals surface area contributed by atoms with Crippen LogP contribution in [0, 0.1) is 0 Å². The van der Waals surface area contributed by atoms with Crippen LogP contribution in [0.4, 0.5) is 0 Å². The van der Waals surface area contributed by atoms with E-state index in [4.69, 9.17) is 4.74 Å². The first-order valence-corrected chi connectivity index (χ1v) is 6.32. The van der Waals surface area contributed by atoms with Crippen molar-refractivity contribution in [1.82, 2.24) is 10.2 Å². The molecule has 0 bridgehead atoms. The monoisotopic (exact) mass is 248 g/mol. The van der Waals surface area contributed by atoms with Crippen LogP contribution in [0.15, 0.2) is 24.3 Å². The average molecular weight is 248 g/mol. The van der Waals surface area contributed by atoms with Crippen molar-refractivity contribution in [3.05, 3.63) is 29.8 Å². The van der Waals surface area contributed by atoms with E-state index >= 15 is 0 Å². The van der Waals surface area contributed by atoms with Gasteiger partial charge in [-0.2, -0.15) is 0 Å². The van der Waals surface area contributed by atoms with Crippen molar-refractivity contribution in [2.75, 3.05) is 20.7 Å². The summed E-state index contributed by atoms with van der Waals surface area (Å²) in [5, 5.41) is 3.23. The summed E-state index contributed by atoms with van der Waals surface area (Å²) in [6.07, 6.45) is 2.04. The maximum Gasteiger partial charge on any atom is 0.239 e. The van der Waals surface area contributed by atoms with Gasteiger partial charge < -0.3 is 15.0 Å². The molecule has 1 aliphatic rings. The molecular formula is C14H20N2O2. The molecule has 0 aliphatic carbocycles. The molecule has 18 heavy (non-hydrogen) atoms. The van der Waals surface area contributed by atoms with Crippen LogP contribution in [0.1, 0.15) is 18.4 Å². The van der Waals surface area contributed by atoms with Gasteiger partial charge in [0.05, 0.1) is 13.2 Å². The molecule has 1 atom stereocenters. The number of nitrogens with zero attached hydrogens (tertiary/aromatic N) is 1. The topological polar surface area (TPSA) is 41.6 Å². The summed E-state index contributed by atoms with van der Waals surface area (Å²) in [5.74, 6) is 1.02. The molecule has 1 amide bonds. The van der Waals surface area contributed by atoms with Gasteiger partial charge in [-0.15, -0.1) is 0 Å². The number of hydrogen-bond acceptors (Lipinski definition) is 3. The Morgan fingerprint density at radius 1 is 1.44 bits per heavy atom. The zero-order valence-corrected chi connectivity index (χ0v) is 11.0. The van der Waals surface area contributed by atoms with Crippen LogP contribution < -0.4 is 10.1 Å². The van der Waals surface area contributed by atoms with E-state index < -0.39 is 0 Å². The largest absolute Gasteiger partial charge is 0.497 e. The molecule has 1 heterocycles. The summed E-state index contributed by atoms with van der Waals surface area (Å²) in [7, 11) is 3.50. The normalized spacial score (nSPS) is 18.7. The number of hydrogen-bond donors (Lipinski definition) is 1. The van der Waals surface area contributed by atoms with Crippen molar-refractivity contribution in [3.8, 4) is 5.75 Å². The van der Waals surface area contributed by atoms with Gasteiger partial charge in [-0.3, -0.25) is 4.79 Å². The minimum Gasteiger partial charge on any atom is -0.497 e. The molecular weight excluding hydrogens is 228 g/mol. The van der Waals surface area contributed by atoms with Crippen molar-refractivity contribution in [2.45, 2.75) is 25.4 Å². The fourth-order valence-electron chi connectivity index (χ4n) is 2.24. The minimum absolute atomic E-state index is 0.00764. The van der Waals surface area contributed by atoms with Crippen molar-refractivity contribution in [1.29, 1.82) is 0 Å². The number of carbonyl (C=O) groups is 1. The zero-order valence-electron chi connectivity index (χ0n) is 11.0. The van der Waals surface area contributed by atoms with E-state index in [1.165, 1.54) is 0 Å². The Morgan fingerprint density at radius 3 is 2.72 bits per heavy atom. The fraction of sp³-hybridized carbons (Fsp3) is 0.500. The molecule has 0 aromatic heterocycles. The highest BCUT2D eigenvalue weighted by Gasteiger charge is 2.24. The van der Waals surface area contributed by atoms with Gasteiger partial charge in [0.25, 0.3) is 0 Å². The van der Waals surface area contributed by atoms with Crippen LogP contribution >= 0.6 is 0 Å². The first kappa shape index (κ1) is 12.9. The standard InChI is InChI=1S/C14H20N2O2/c1-16(14(17)13-4-3-9-15-13)10-11-5-7-12(18-2)8-6-11/h5-8,13,15H,3-4,9-10H2,1-2H3/t13-/m1/s1. The number of likely N-dealkylation sites (N-methyl/N-ethyl adjacent to an activating group) is 1. The first-order valence-electron chi connectivity index (χ1n) is 6.32. The van der Waals surface area contributed by atoms with Crippen LogP contribution in [0.25, 0.3) is 0 Å². The predicted molar refractivity (Wildman–Crippen MR) is 70.5 cm³/mol. The third-order valence-electron chi connectivity index (χ3n) is 3.31. The third-order valence-corrected chi connectivity index (χ3v) is 3.31. The highest BCUT2D eigenvalue weighted by molar-refractivity contribution is 5.81. The number of nitrogens with one attached hydrogen (secondary N) is 1. The second-order valence-electron chi connectivity index (χ2n) is 4.69. The Morgan fingerprint density at radius 2 is 2.17 bits per heavy atom. The molecule has 1 fully saturated rings. The minimum atomic E-state index is 0.00764. The van der Waals surface area contributed by atoms with E-state index in [0.29, 0.717) is 6.54 Å². The number of carbonyl (C=O) groups excluding carboxylic acids is 1. The third kappa shape index (κ3) is 3.01. The molecule has 1 aromatic rings. The summed E-state index contributed by atoms with van der Waals surface area (Å²) >= 11 is 0. The number of rotatable bonds is 4. The Bertz CT molecular complexity index is 397. The van der Waals surface area contributed by atoms with Crippen LogP contribution in [0.5, 0.6) is 5.75 Å². The van der Waals surface area contributed by atoms with E-state index in [1.54, 1.807) is 12.0 Å². The highest BCUT2D eigenvalue weighted by Crippen LogP contribution is 2.14. The van der Waals surface area contributed by atoms with E-state index in [0.717, 1.165) is 30.7 Å². The quantitative estimate of drug-likeness (QED) is 0.876. The van der Waals surface area contributed by atoms with Gasteiger partial charge in [-0.25, -0.2) is 0 Å². The van der Waals surface area contributed by atoms with Crippen LogP contribution in [0.3, 0.4) is 0 Å². The van der Waals surface area contributed by atoms with E-state index in [9.17, 15) is 4.79 Å². The van der Waals surface area contributed by atoms with E-state index in [2.05, 4.69) is 5.32 Å². The molecule has 1 aliphatic heterocycles. The summed E-state index contributed by atoms with van der Waals surface area (Å²) in [6, 6.07) is 7.83. The molecule has 0 unspecified atom stereocenters. The second-order valence-corrected chi connectivity index (χ2v) is 4.69. The number of amides is 1. The van der Waals surface area contributed by atoms with Crippen LogP contribution in [-0.2, 0) is 11.3 Å². The van der Waals surface area contributed by atoms with Gasteiger partial charge in [0.2, 0.25) is 5.91 Å². The molecule has 0 radical (unpaired) electrons. The van der Waals surface area contributed by atoms with Crippen molar-refractivity contribution in [2.24, 2.45) is 0 Å². The SMILES string of the molecule is COc1ccc(CN(C)C(=O)[C@H]2CCCN2)cc1. The number of benzene rings is 1. The summed E-state index contributed by atoms with van der Waals surface area (Å²) in [4.78, 5) is 13.9.